The van der Waals surface area contributed by atoms with Crippen LogP contribution in [0, 0.1) is 19.8 Å². The number of rotatable bonds is 6. The molecule has 0 spiro atoms. The summed E-state index contributed by atoms with van der Waals surface area (Å²) >= 11 is 1.37. The Kier molecular flexibility index (Phi) is 6.65. The molecule has 1 unspecified atom stereocenters. The number of fused-ring (bicyclic) bond motifs is 3. The van der Waals surface area contributed by atoms with Gasteiger partial charge >= 0.3 is 0 Å². The maximum atomic E-state index is 13.6. The van der Waals surface area contributed by atoms with Crippen molar-refractivity contribution in [3.05, 3.63) is 63.9 Å². The Balaban J connectivity index is 1.53. The maximum absolute atomic E-state index is 13.6. The number of hydrogen-bond acceptors (Lipinski definition) is 5. The molecular weight excluding hydrogens is 458 g/mol. The molecule has 1 aliphatic rings. The van der Waals surface area contributed by atoms with Crippen molar-refractivity contribution in [1.82, 2.24) is 24.5 Å². The number of hydrogen-bond donors (Lipinski definition) is 1. The third-order valence-corrected chi connectivity index (χ3v) is 7.98. The minimum Gasteiger partial charge on any atom is -0.355 e. The average Bonchev–Trinajstić information content (AvgIpc) is 3.28. The van der Waals surface area contributed by atoms with E-state index < -0.39 is 0 Å². The van der Waals surface area contributed by atoms with Gasteiger partial charge < -0.3 is 5.32 Å². The van der Waals surface area contributed by atoms with Gasteiger partial charge in [0.25, 0.3) is 5.56 Å². The van der Waals surface area contributed by atoms with Gasteiger partial charge in [-0.2, -0.15) is 0 Å². The molecule has 2 aromatic heterocycles. The second kappa shape index (κ2) is 9.85. The monoisotopic (exact) mass is 489 g/mol. The van der Waals surface area contributed by atoms with E-state index in [1.165, 1.54) is 43.9 Å². The number of thioether (sulfide) groups is 1. The van der Waals surface area contributed by atoms with Crippen molar-refractivity contribution in [3.63, 3.8) is 0 Å². The predicted molar refractivity (Wildman–Crippen MR) is 140 cm³/mol. The van der Waals surface area contributed by atoms with Crippen molar-refractivity contribution in [2.45, 2.75) is 63.3 Å². The first-order valence-electron chi connectivity index (χ1n) is 12.3. The van der Waals surface area contributed by atoms with Crippen molar-refractivity contribution in [1.29, 1.82) is 0 Å². The number of carbonyl (C=O) groups is 1. The van der Waals surface area contributed by atoms with Crippen molar-refractivity contribution < 1.29 is 4.79 Å². The molecule has 1 aliphatic carbocycles. The third kappa shape index (κ3) is 4.59. The molecule has 4 aromatic rings. The molecule has 7 nitrogen and oxygen atoms in total. The van der Waals surface area contributed by atoms with Crippen LogP contribution < -0.4 is 10.9 Å². The SMILES string of the molecule is Cc1ccc(C)c(-n2c(=O)c3ccccc3n3c(SC(C)C(=O)NCC4CCCCC4)nnc23)c1. The number of para-hydroxylation sites is 1. The lowest BCUT2D eigenvalue weighted by Gasteiger charge is -2.22. The fourth-order valence-electron chi connectivity index (χ4n) is 4.92. The van der Waals surface area contributed by atoms with Gasteiger partial charge in [0, 0.05) is 6.54 Å². The molecule has 2 aromatic carbocycles. The van der Waals surface area contributed by atoms with Crippen molar-refractivity contribution in [2.24, 2.45) is 5.92 Å². The van der Waals surface area contributed by atoms with Crippen LogP contribution in [0.3, 0.4) is 0 Å². The Bertz CT molecular complexity index is 1450. The second-order valence-corrected chi connectivity index (χ2v) is 10.9. The summed E-state index contributed by atoms with van der Waals surface area (Å²) < 4.78 is 3.53. The van der Waals surface area contributed by atoms with Gasteiger partial charge in [-0.05, 0) is 68.9 Å². The Labute approximate surface area is 208 Å². The van der Waals surface area contributed by atoms with E-state index in [9.17, 15) is 9.59 Å². The fourth-order valence-corrected chi connectivity index (χ4v) is 5.80. The van der Waals surface area contributed by atoms with Crippen molar-refractivity contribution in [3.8, 4) is 5.69 Å². The van der Waals surface area contributed by atoms with Crippen LogP contribution in [0.25, 0.3) is 22.4 Å². The van der Waals surface area contributed by atoms with E-state index in [2.05, 4.69) is 15.5 Å². The first-order chi connectivity index (χ1) is 16.9. The van der Waals surface area contributed by atoms with E-state index in [1.54, 1.807) is 4.57 Å². The quantitative estimate of drug-likeness (QED) is 0.393. The van der Waals surface area contributed by atoms with Gasteiger partial charge in [-0.3, -0.25) is 14.0 Å². The molecule has 35 heavy (non-hydrogen) atoms. The van der Waals surface area contributed by atoms with Gasteiger partial charge in [0.1, 0.15) is 0 Å². The molecule has 1 N–H and O–H groups in total. The predicted octanol–water partition coefficient (Wildman–Crippen LogP) is 4.83. The summed E-state index contributed by atoms with van der Waals surface area (Å²) in [5.41, 5.74) is 3.41. The highest BCUT2D eigenvalue weighted by atomic mass is 32.2. The summed E-state index contributed by atoms with van der Waals surface area (Å²) in [6.07, 6.45) is 6.20. The Morgan fingerprint density at radius 1 is 1.11 bits per heavy atom. The summed E-state index contributed by atoms with van der Waals surface area (Å²) in [4.78, 5) is 26.5. The van der Waals surface area contributed by atoms with E-state index >= 15 is 0 Å². The van der Waals surface area contributed by atoms with Crippen molar-refractivity contribution in [2.75, 3.05) is 6.54 Å². The molecule has 0 aliphatic heterocycles. The molecule has 1 amide bonds. The Hall–Kier alpha value is -3.13. The lowest BCUT2D eigenvalue weighted by Crippen LogP contribution is -2.35. The molecule has 0 saturated heterocycles. The van der Waals surface area contributed by atoms with Crippen LogP contribution in [0.5, 0.6) is 0 Å². The summed E-state index contributed by atoms with van der Waals surface area (Å²) in [5, 5.41) is 12.8. The van der Waals surface area contributed by atoms with Crippen LogP contribution in [-0.4, -0.2) is 36.9 Å². The molecule has 0 bridgehead atoms. The van der Waals surface area contributed by atoms with Gasteiger partial charge in [-0.25, -0.2) is 4.57 Å². The topological polar surface area (TPSA) is 81.3 Å². The largest absolute Gasteiger partial charge is 0.355 e. The third-order valence-electron chi connectivity index (χ3n) is 6.94. The highest BCUT2D eigenvalue weighted by Gasteiger charge is 2.23. The lowest BCUT2D eigenvalue weighted by atomic mass is 9.89. The fraction of sp³-hybridized carbons (Fsp3) is 0.407. The molecule has 0 radical (unpaired) electrons. The summed E-state index contributed by atoms with van der Waals surface area (Å²) in [7, 11) is 0. The summed E-state index contributed by atoms with van der Waals surface area (Å²) in [6.45, 7) is 6.62. The lowest BCUT2D eigenvalue weighted by molar-refractivity contribution is -0.120. The molecule has 1 saturated carbocycles. The molecule has 182 valence electrons. The van der Waals surface area contributed by atoms with E-state index in [1.807, 2.05) is 67.6 Å². The van der Waals surface area contributed by atoms with Crippen LogP contribution in [0.2, 0.25) is 0 Å². The molecule has 5 rings (SSSR count). The molecule has 1 fully saturated rings. The zero-order chi connectivity index (χ0) is 24.5. The molecular formula is C27H31N5O2S. The van der Waals surface area contributed by atoms with Crippen molar-refractivity contribution >= 4 is 34.3 Å². The van der Waals surface area contributed by atoms with Gasteiger partial charge in [-0.1, -0.05) is 55.3 Å². The number of aryl methyl sites for hydroxylation is 2. The number of nitrogens with one attached hydrogen (secondary N) is 1. The second-order valence-electron chi connectivity index (χ2n) is 9.57. The van der Waals surface area contributed by atoms with Crippen LogP contribution in [0.1, 0.15) is 50.2 Å². The Morgan fingerprint density at radius 2 is 1.89 bits per heavy atom. The van der Waals surface area contributed by atoms with Crippen LogP contribution in [-0.2, 0) is 4.79 Å². The van der Waals surface area contributed by atoms with Gasteiger partial charge in [-0.15, -0.1) is 10.2 Å². The standard InChI is InChI=1S/C27H31N5O2S/c1-17-13-14-18(2)23(15-17)31-25(34)21-11-7-8-12-22(21)32-26(31)29-30-27(32)35-19(3)24(33)28-16-20-9-5-4-6-10-20/h7-8,11-15,19-20H,4-6,9-10,16H2,1-3H3,(H,28,33). The molecule has 1 atom stereocenters. The first kappa shape index (κ1) is 23.6. The number of benzene rings is 2. The minimum atomic E-state index is -0.342. The smallest absolute Gasteiger partial charge is 0.267 e. The number of carbonyl (C=O) groups excluding carboxylic acids is 1. The molecule has 2 heterocycles. The highest BCUT2D eigenvalue weighted by molar-refractivity contribution is 8.00. The first-order valence-corrected chi connectivity index (χ1v) is 13.2. The number of amides is 1. The maximum Gasteiger partial charge on any atom is 0.267 e. The van der Waals surface area contributed by atoms with Crippen LogP contribution in [0.4, 0.5) is 0 Å². The van der Waals surface area contributed by atoms with E-state index in [0.717, 1.165) is 28.9 Å². The molecule has 8 heteroatoms. The zero-order valence-electron chi connectivity index (χ0n) is 20.5. The average molecular weight is 490 g/mol. The highest BCUT2D eigenvalue weighted by Crippen LogP contribution is 2.28. The van der Waals surface area contributed by atoms with E-state index in [4.69, 9.17) is 0 Å². The minimum absolute atomic E-state index is 0.00415. The summed E-state index contributed by atoms with van der Waals surface area (Å²) in [6, 6.07) is 13.5. The van der Waals surface area contributed by atoms with Gasteiger partial charge in [0.05, 0.1) is 21.8 Å². The van der Waals surface area contributed by atoms with E-state index in [-0.39, 0.29) is 16.7 Å². The van der Waals surface area contributed by atoms with Crippen LogP contribution in [0.15, 0.2) is 52.4 Å². The zero-order valence-corrected chi connectivity index (χ0v) is 21.3. The number of nitrogens with zero attached hydrogens (tertiary/aromatic N) is 4. The Morgan fingerprint density at radius 3 is 2.69 bits per heavy atom. The van der Waals surface area contributed by atoms with Gasteiger partial charge in [0.15, 0.2) is 5.16 Å². The normalized spacial score (nSPS) is 15.5. The van der Waals surface area contributed by atoms with Crippen LogP contribution >= 0.6 is 11.8 Å². The summed E-state index contributed by atoms with van der Waals surface area (Å²) in [5.74, 6) is 1.03. The van der Waals surface area contributed by atoms with Gasteiger partial charge in [0.2, 0.25) is 11.7 Å². The van der Waals surface area contributed by atoms with E-state index in [0.29, 0.717) is 22.2 Å². The number of aromatic nitrogens is 4.